The molecule has 5 heteroatoms. The van der Waals surface area contributed by atoms with E-state index in [0.29, 0.717) is 6.04 Å². The maximum absolute atomic E-state index is 4.57. The molecule has 1 aliphatic rings. The van der Waals surface area contributed by atoms with Crippen molar-refractivity contribution in [2.45, 2.75) is 45.2 Å². The SMILES string of the molecule is C[C@@H](Cc1ccccn1)N(C)Cc1cnc(N2CCCCC2)nc1. The van der Waals surface area contributed by atoms with E-state index >= 15 is 0 Å². The number of rotatable bonds is 6. The summed E-state index contributed by atoms with van der Waals surface area (Å²) in [6.07, 6.45) is 10.6. The first-order valence-corrected chi connectivity index (χ1v) is 8.88. The average molecular weight is 325 g/mol. The summed E-state index contributed by atoms with van der Waals surface area (Å²) in [7, 11) is 2.14. The Balaban J connectivity index is 1.54. The first-order chi connectivity index (χ1) is 11.7. The summed E-state index contributed by atoms with van der Waals surface area (Å²) in [5.74, 6) is 0.877. The molecule has 128 valence electrons. The quantitative estimate of drug-likeness (QED) is 0.817. The predicted octanol–water partition coefficient (Wildman–Crippen LogP) is 2.92. The van der Waals surface area contributed by atoms with Crippen molar-refractivity contribution in [3.05, 3.63) is 48.0 Å². The third-order valence-electron chi connectivity index (χ3n) is 4.75. The zero-order valence-electron chi connectivity index (χ0n) is 14.7. The molecule has 0 spiro atoms. The van der Waals surface area contributed by atoms with Crippen LogP contribution in [0.2, 0.25) is 0 Å². The van der Waals surface area contributed by atoms with Crippen LogP contribution in [0.4, 0.5) is 5.95 Å². The molecule has 0 bridgehead atoms. The van der Waals surface area contributed by atoms with Gasteiger partial charge >= 0.3 is 0 Å². The van der Waals surface area contributed by atoms with Crippen LogP contribution in [0.3, 0.4) is 0 Å². The number of aromatic nitrogens is 3. The number of likely N-dealkylation sites (N-methyl/N-ethyl adjacent to an activating group) is 1. The Bertz CT molecular complexity index is 607. The van der Waals surface area contributed by atoms with Gasteiger partial charge in [0.2, 0.25) is 5.95 Å². The molecule has 0 saturated carbocycles. The van der Waals surface area contributed by atoms with Gasteiger partial charge in [-0.25, -0.2) is 9.97 Å². The average Bonchev–Trinajstić information content (AvgIpc) is 2.64. The fraction of sp³-hybridized carbons (Fsp3) is 0.526. The summed E-state index contributed by atoms with van der Waals surface area (Å²) in [4.78, 5) is 18.2. The molecule has 24 heavy (non-hydrogen) atoms. The Morgan fingerprint density at radius 3 is 2.50 bits per heavy atom. The summed E-state index contributed by atoms with van der Waals surface area (Å²) in [6, 6.07) is 6.50. The molecule has 0 amide bonds. The summed E-state index contributed by atoms with van der Waals surface area (Å²) < 4.78 is 0. The van der Waals surface area contributed by atoms with Crippen LogP contribution in [0.25, 0.3) is 0 Å². The van der Waals surface area contributed by atoms with Gasteiger partial charge in [-0.1, -0.05) is 6.07 Å². The molecular weight excluding hydrogens is 298 g/mol. The zero-order chi connectivity index (χ0) is 16.8. The second-order valence-electron chi connectivity index (χ2n) is 6.73. The highest BCUT2D eigenvalue weighted by atomic mass is 15.2. The van der Waals surface area contributed by atoms with E-state index in [4.69, 9.17) is 0 Å². The van der Waals surface area contributed by atoms with Crippen LogP contribution in [0, 0.1) is 0 Å². The fourth-order valence-corrected chi connectivity index (χ4v) is 3.11. The maximum atomic E-state index is 4.57. The lowest BCUT2D eigenvalue weighted by Crippen LogP contribution is -2.32. The van der Waals surface area contributed by atoms with Crippen LogP contribution < -0.4 is 4.90 Å². The van der Waals surface area contributed by atoms with Crippen molar-refractivity contribution in [2.24, 2.45) is 0 Å². The van der Waals surface area contributed by atoms with Gasteiger partial charge in [-0.2, -0.15) is 0 Å². The van der Waals surface area contributed by atoms with Crippen LogP contribution in [0.15, 0.2) is 36.8 Å². The van der Waals surface area contributed by atoms with E-state index in [-0.39, 0.29) is 0 Å². The van der Waals surface area contributed by atoms with Crippen LogP contribution in [-0.2, 0) is 13.0 Å². The van der Waals surface area contributed by atoms with Crippen molar-refractivity contribution >= 4 is 5.95 Å². The van der Waals surface area contributed by atoms with Crippen molar-refractivity contribution in [3.63, 3.8) is 0 Å². The molecule has 1 saturated heterocycles. The van der Waals surface area contributed by atoms with Gasteiger partial charge < -0.3 is 4.90 Å². The predicted molar refractivity (Wildman–Crippen MR) is 97.0 cm³/mol. The van der Waals surface area contributed by atoms with Crippen LogP contribution >= 0.6 is 0 Å². The monoisotopic (exact) mass is 325 g/mol. The summed E-state index contributed by atoms with van der Waals surface area (Å²) in [5.41, 5.74) is 2.29. The molecule has 2 aromatic rings. The van der Waals surface area contributed by atoms with E-state index in [2.05, 4.69) is 44.8 Å². The maximum Gasteiger partial charge on any atom is 0.225 e. The number of pyridine rings is 1. The van der Waals surface area contributed by atoms with Gasteiger partial charge in [-0.15, -0.1) is 0 Å². The molecule has 0 aromatic carbocycles. The van der Waals surface area contributed by atoms with Crippen LogP contribution in [-0.4, -0.2) is 46.0 Å². The zero-order valence-corrected chi connectivity index (χ0v) is 14.7. The highest BCUT2D eigenvalue weighted by molar-refractivity contribution is 5.30. The standard InChI is InChI=1S/C19H27N5/c1-16(12-18-8-4-5-9-20-18)23(2)15-17-13-21-19(22-14-17)24-10-6-3-7-11-24/h4-5,8-9,13-14,16H,3,6-7,10-12,15H2,1-2H3/t16-/m0/s1. The van der Waals surface area contributed by atoms with Crippen LogP contribution in [0.1, 0.15) is 37.4 Å². The molecule has 0 radical (unpaired) electrons. The van der Waals surface area contributed by atoms with E-state index in [1.807, 2.05) is 30.7 Å². The van der Waals surface area contributed by atoms with Crippen molar-refractivity contribution < 1.29 is 0 Å². The largest absolute Gasteiger partial charge is 0.341 e. The van der Waals surface area contributed by atoms with E-state index in [9.17, 15) is 0 Å². The number of hydrogen-bond acceptors (Lipinski definition) is 5. The second kappa shape index (κ2) is 8.20. The molecule has 0 N–H and O–H groups in total. The minimum atomic E-state index is 0.418. The van der Waals surface area contributed by atoms with E-state index < -0.39 is 0 Å². The lowest BCUT2D eigenvalue weighted by molar-refractivity contribution is 0.246. The molecule has 0 unspecified atom stereocenters. The number of nitrogens with zero attached hydrogens (tertiary/aromatic N) is 5. The molecule has 3 heterocycles. The summed E-state index contributed by atoms with van der Waals surface area (Å²) in [5, 5.41) is 0. The first-order valence-electron chi connectivity index (χ1n) is 8.88. The molecule has 3 rings (SSSR count). The number of piperidine rings is 1. The minimum absolute atomic E-state index is 0.418. The fourth-order valence-electron chi connectivity index (χ4n) is 3.11. The molecule has 2 aromatic heterocycles. The van der Waals surface area contributed by atoms with Gasteiger partial charge in [0.25, 0.3) is 0 Å². The summed E-state index contributed by atoms with van der Waals surface area (Å²) >= 11 is 0. The highest BCUT2D eigenvalue weighted by Gasteiger charge is 2.14. The minimum Gasteiger partial charge on any atom is -0.341 e. The van der Waals surface area contributed by atoms with Gasteiger partial charge in [-0.05, 0) is 45.4 Å². The topological polar surface area (TPSA) is 45.2 Å². The lowest BCUT2D eigenvalue weighted by atomic mass is 10.1. The van der Waals surface area contributed by atoms with Crippen molar-refractivity contribution in [3.8, 4) is 0 Å². The molecule has 1 aliphatic heterocycles. The Kier molecular flexibility index (Phi) is 5.75. The third-order valence-corrected chi connectivity index (χ3v) is 4.75. The smallest absolute Gasteiger partial charge is 0.225 e. The number of anilines is 1. The van der Waals surface area contributed by atoms with Crippen molar-refractivity contribution in [1.29, 1.82) is 0 Å². The molecule has 1 atom stereocenters. The van der Waals surface area contributed by atoms with Gasteiger partial charge in [0.05, 0.1) is 0 Å². The van der Waals surface area contributed by atoms with Gasteiger partial charge in [0.1, 0.15) is 0 Å². The first kappa shape index (κ1) is 16.8. The Morgan fingerprint density at radius 1 is 1.08 bits per heavy atom. The van der Waals surface area contributed by atoms with Gasteiger partial charge in [0.15, 0.2) is 0 Å². The Hall–Kier alpha value is -2.01. The van der Waals surface area contributed by atoms with E-state index in [1.54, 1.807) is 0 Å². The normalized spacial score (nSPS) is 16.4. The molecular formula is C19H27N5. The van der Waals surface area contributed by atoms with Gasteiger partial charge in [-0.3, -0.25) is 9.88 Å². The second-order valence-corrected chi connectivity index (χ2v) is 6.73. The lowest BCUT2D eigenvalue weighted by Gasteiger charge is -2.27. The van der Waals surface area contributed by atoms with E-state index in [0.717, 1.165) is 43.3 Å². The Labute approximate surface area is 144 Å². The molecule has 1 fully saturated rings. The molecule has 0 aliphatic carbocycles. The van der Waals surface area contributed by atoms with E-state index in [1.165, 1.54) is 19.3 Å². The van der Waals surface area contributed by atoms with Gasteiger partial charge in [0, 0.05) is 61.9 Å². The van der Waals surface area contributed by atoms with Crippen molar-refractivity contribution in [1.82, 2.24) is 19.9 Å². The number of hydrogen-bond donors (Lipinski definition) is 0. The highest BCUT2D eigenvalue weighted by Crippen LogP contribution is 2.16. The molecule has 5 nitrogen and oxygen atoms in total. The van der Waals surface area contributed by atoms with Crippen molar-refractivity contribution in [2.75, 3.05) is 25.0 Å². The van der Waals surface area contributed by atoms with Crippen LogP contribution in [0.5, 0.6) is 0 Å². The summed E-state index contributed by atoms with van der Waals surface area (Å²) in [6.45, 7) is 5.26. The Morgan fingerprint density at radius 2 is 1.83 bits per heavy atom. The third kappa shape index (κ3) is 4.51.